The third-order valence-corrected chi connectivity index (χ3v) is 0.718. The molecule has 1 aliphatic rings. The van der Waals surface area contributed by atoms with Crippen LogP contribution in [0, 0.1) is 0 Å². The van der Waals surface area contributed by atoms with Crippen LogP contribution in [0.5, 0.6) is 0 Å². The van der Waals surface area contributed by atoms with Crippen molar-refractivity contribution in [1.29, 1.82) is 0 Å². The average Bonchev–Trinajstić information content (AvgIpc) is 1.90. The Bertz CT molecular complexity index is 108. The van der Waals surface area contributed by atoms with Crippen molar-refractivity contribution in [3.8, 4) is 0 Å². The average molecular weight is 110 g/mol. The van der Waals surface area contributed by atoms with Gasteiger partial charge in [-0.25, -0.2) is 0 Å². The van der Waals surface area contributed by atoms with Crippen LogP contribution in [0.25, 0.3) is 0 Å². The number of allylic oxidation sites excluding steroid dienone is 4. The molecule has 0 unspecified atom stereocenters. The predicted molar refractivity (Wildman–Crippen MR) is 35.6 cm³/mol. The molecule has 0 saturated heterocycles. The van der Waals surface area contributed by atoms with E-state index in [0.717, 1.165) is 0 Å². The molecule has 2 nitrogen and oxygen atoms in total. The van der Waals surface area contributed by atoms with Crippen molar-refractivity contribution in [3.63, 3.8) is 0 Å². The van der Waals surface area contributed by atoms with E-state index in [1.165, 1.54) is 0 Å². The quantitative estimate of drug-likeness (QED) is 0.494. The minimum Gasteiger partial charge on any atom is -0.368 e. The summed E-state index contributed by atoms with van der Waals surface area (Å²) < 4.78 is 0. The van der Waals surface area contributed by atoms with Crippen LogP contribution >= 0.6 is 0 Å². The molecule has 1 heterocycles. The van der Waals surface area contributed by atoms with Crippen LogP contribution in [0.1, 0.15) is 0 Å². The monoisotopic (exact) mass is 110 g/mol. The third kappa shape index (κ3) is 2.21. The summed E-state index contributed by atoms with van der Waals surface area (Å²) >= 11 is 0. The maximum absolute atomic E-state index is 2.92. The van der Waals surface area contributed by atoms with Crippen molar-refractivity contribution in [1.82, 2.24) is 11.5 Å². The van der Waals surface area contributed by atoms with Crippen LogP contribution in [0.4, 0.5) is 0 Å². The van der Waals surface area contributed by atoms with Gasteiger partial charge in [-0.05, 0) is 12.2 Å². The number of hydrogen-bond donors (Lipinski definition) is 2. The molecule has 4 N–H and O–H groups in total. The molecule has 0 radical (unpaired) electrons. The number of nitrogens with one attached hydrogen (secondary N) is 1. The Labute approximate surface area is 49.2 Å². The highest BCUT2D eigenvalue weighted by Gasteiger charge is 1.67. The zero-order valence-corrected chi connectivity index (χ0v) is 4.67. The molecule has 0 aromatic carbocycles. The molecule has 8 heavy (non-hydrogen) atoms. The molecule has 1 rings (SSSR count). The maximum atomic E-state index is 2.92. The van der Waals surface area contributed by atoms with Crippen molar-refractivity contribution < 1.29 is 0 Å². The molecule has 0 amide bonds. The molecule has 0 atom stereocenters. The first-order valence-corrected chi connectivity index (χ1v) is 2.24. The van der Waals surface area contributed by atoms with Gasteiger partial charge in [0, 0.05) is 12.4 Å². The zero-order chi connectivity index (χ0) is 4.95. The lowest BCUT2D eigenvalue weighted by atomic mass is 10.5. The molecule has 0 aromatic rings. The first-order chi connectivity index (χ1) is 3.50. The highest BCUT2D eigenvalue weighted by atomic mass is 14.8. The first kappa shape index (κ1) is 6.98. The molecule has 2 heteroatoms. The largest absolute Gasteiger partial charge is 0.368 e. The van der Waals surface area contributed by atoms with Gasteiger partial charge < -0.3 is 11.5 Å². The fraction of sp³-hybridized carbons (Fsp3) is 0. The van der Waals surface area contributed by atoms with Gasteiger partial charge in [-0.3, -0.25) is 0 Å². The Hall–Kier alpha value is -1.02. The van der Waals surface area contributed by atoms with Crippen LogP contribution in [-0.2, 0) is 0 Å². The van der Waals surface area contributed by atoms with Gasteiger partial charge in [-0.2, -0.15) is 0 Å². The predicted octanol–water partition coefficient (Wildman–Crippen LogP) is 1.34. The fourth-order valence-electron chi connectivity index (χ4n) is 0.406. The number of rotatable bonds is 0. The third-order valence-electron chi connectivity index (χ3n) is 0.718. The maximum Gasteiger partial charge on any atom is 0.000442 e. The molecule has 0 saturated carbocycles. The SMILES string of the molecule is C1=CC=CNC=C1.N. The molecule has 0 aliphatic carbocycles. The minimum absolute atomic E-state index is 0. The summed E-state index contributed by atoms with van der Waals surface area (Å²) in [5.41, 5.74) is 0. The van der Waals surface area contributed by atoms with E-state index in [2.05, 4.69) is 5.32 Å². The first-order valence-electron chi connectivity index (χ1n) is 2.24. The Morgan fingerprint density at radius 1 is 0.750 bits per heavy atom. The molecule has 0 bridgehead atoms. The van der Waals surface area contributed by atoms with Crippen molar-refractivity contribution in [2.75, 3.05) is 0 Å². The summed E-state index contributed by atoms with van der Waals surface area (Å²) in [6, 6.07) is 0. The summed E-state index contributed by atoms with van der Waals surface area (Å²) in [6.45, 7) is 0. The van der Waals surface area contributed by atoms with Crippen LogP contribution < -0.4 is 11.5 Å². The lowest BCUT2D eigenvalue weighted by Gasteiger charge is -1.79. The van der Waals surface area contributed by atoms with Gasteiger partial charge in [0.1, 0.15) is 0 Å². The molecule has 0 fully saturated rings. The van der Waals surface area contributed by atoms with Crippen LogP contribution in [0.2, 0.25) is 0 Å². The lowest BCUT2D eigenvalue weighted by molar-refractivity contribution is 1.20. The van der Waals surface area contributed by atoms with E-state index in [9.17, 15) is 0 Å². The van der Waals surface area contributed by atoms with Crippen LogP contribution in [-0.4, -0.2) is 0 Å². The standard InChI is InChI=1S/C6H7N.H3N/c1-2-4-6-7-5-3-1;/h1-7H;1H3. The normalized spacial score (nSPS) is 14.0. The van der Waals surface area contributed by atoms with Gasteiger partial charge in [0.05, 0.1) is 0 Å². The molecule has 1 aliphatic heterocycles. The van der Waals surface area contributed by atoms with Gasteiger partial charge in [0.2, 0.25) is 0 Å². The Morgan fingerprint density at radius 2 is 1.25 bits per heavy atom. The molecule has 0 spiro atoms. The van der Waals surface area contributed by atoms with Crippen molar-refractivity contribution in [2.24, 2.45) is 0 Å². The second-order valence-corrected chi connectivity index (χ2v) is 1.27. The van der Waals surface area contributed by atoms with Gasteiger partial charge in [-0.1, -0.05) is 12.2 Å². The van der Waals surface area contributed by atoms with Gasteiger partial charge in [0.25, 0.3) is 0 Å². The van der Waals surface area contributed by atoms with Crippen molar-refractivity contribution in [3.05, 3.63) is 36.7 Å². The summed E-state index contributed by atoms with van der Waals surface area (Å²) in [7, 11) is 0. The fourth-order valence-corrected chi connectivity index (χ4v) is 0.406. The topological polar surface area (TPSA) is 47.0 Å². The Balaban J connectivity index is 0.000000490. The molecule has 0 aromatic heterocycles. The molecule has 44 valence electrons. The van der Waals surface area contributed by atoms with E-state index in [1.54, 1.807) is 0 Å². The summed E-state index contributed by atoms with van der Waals surface area (Å²) in [5, 5.41) is 2.92. The second-order valence-electron chi connectivity index (χ2n) is 1.27. The van der Waals surface area contributed by atoms with E-state index in [4.69, 9.17) is 0 Å². The van der Waals surface area contributed by atoms with E-state index in [-0.39, 0.29) is 6.15 Å². The summed E-state index contributed by atoms with van der Waals surface area (Å²) in [6.07, 6.45) is 11.6. The number of hydrogen-bond acceptors (Lipinski definition) is 2. The van der Waals surface area contributed by atoms with E-state index in [0.29, 0.717) is 0 Å². The molecular formula is C6H10N2. The van der Waals surface area contributed by atoms with Gasteiger partial charge >= 0.3 is 0 Å². The van der Waals surface area contributed by atoms with Gasteiger partial charge in [0.15, 0.2) is 0 Å². The van der Waals surface area contributed by atoms with E-state index in [1.807, 2.05) is 36.7 Å². The highest BCUT2D eigenvalue weighted by molar-refractivity contribution is 5.14. The second kappa shape index (κ2) is 4.15. The Kier molecular flexibility index (Phi) is 3.62. The van der Waals surface area contributed by atoms with Gasteiger partial charge in [-0.15, -0.1) is 0 Å². The molecular weight excluding hydrogens is 100 g/mol. The lowest BCUT2D eigenvalue weighted by Crippen LogP contribution is -1.87. The van der Waals surface area contributed by atoms with Crippen molar-refractivity contribution >= 4 is 0 Å². The summed E-state index contributed by atoms with van der Waals surface area (Å²) in [4.78, 5) is 0. The Morgan fingerprint density at radius 3 is 1.75 bits per heavy atom. The van der Waals surface area contributed by atoms with E-state index < -0.39 is 0 Å². The highest BCUT2D eigenvalue weighted by Crippen LogP contribution is 1.81. The van der Waals surface area contributed by atoms with E-state index >= 15 is 0 Å². The summed E-state index contributed by atoms with van der Waals surface area (Å²) in [5.74, 6) is 0. The van der Waals surface area contributed by atoms with Crippen LogP contribution in [0.3, 0.4) is 0 Å². The van der Waals surface area contributed by atoms with Crippen molar-refractivity contribution in [2.45, 2.75) is 0 Å². The zero-order valence-electron chi connectivity index (χ0n) is 4.67. The van der Waals surface area contributed by atoms with Crippen LogP contribution in [0.15, 0.2) is 36.7 Å². The smallest absolute Gasteiger partial charge is 0.000442 e. The minimum atomic E-state index is 0.